The standard InChI is InChI=1S/C15H19NO6/c1-21-10-3-4-12(22-2)11(9-10)13(17)16-7-5-15(20,6-8-16)14(18)19/h3-4,9,20H,5-8H2,1-2H3,(H,18,19). The van der Waals surface area contributed by atoms with Crippen molar-refractivity contribution in [2.24, 2.45) is 0 Å². The van der Waals surface area contributed by atoms with Crippen molar-refractivity contribution >= 4 is 11.9 Å². The van der Waals surface area contributed by atoms with Gasteiger partial charge in [-0.05, 0) is 18.2 Å². The molecule has 1 aromatic carbocycles. The molecule has 0 radical (unpaired) electrons. The number of hydrogen-bond donors (Lipinski definition) is 2. The highest BCUT2D eigenvalue weighted by Crippen LogP contribution is 2.28. The van der Waals surface area contributed by atoms with Gasteiger partial charge in [-0.15, -0.1) is 0 Å². The van der Waals surface area contributed by atoms with Gasteiger partial charge in [0.25, 0.3) is 5.91 Å². The Kier molecular flexibility index (Phi) is 4.56. The van der Waals surface area contributed by atoms with Crippen molar-refractivity contribution in [3.05, 3.63) is 23.8 Å². The molecule has 1 aromatic rings. The SMILES string of the molecule is COc1ccc(OC)c(C(=O)N2CCC(O)(C(=O)O)CC2)c1. The Labute approximate surface area is 128 Å². The van der Waals surface area contributed by atoms with Gasteiger partial charge in [-0.1, -0.05) is 0 Å². The number of carbonyl (C=O) groups is 2. The van der Waals surface area contributed by atoms with E-state index in [4.69, 9.17) is 14.6 Å². The lowest BCUT2D eigenvalue weighted by Gasteiger charge is -2.35. The van der Waals surface area contributed by atoms with E-state index in [1.54, 1.807) is 18.2 Å². The van der Waals surface area contributed by atoms with Crippen molar-refractivity contribution in [2.75, 3.05) is 27.3 Å². The van der Waals surface area contributed by atoms with E-state index in [0.717, 1.165) is 0 Å². The number of benzene rings is 1. The maximum absolute atomic E-state index is 12.6. The molecule has 0 aromatic heterocycles. The zero-order chi connectivity index (χ0) is 16.3. The first-order valence-corrected chi connectivity index (χ1v) is 6.88. The van der Waals surface area contributed by atoms with Gasteiger partial charge in [0.1, 0.15) is 11.5 Å². The number of likely N-dealkylation sites (tertiary alicyclic amines) is 1. The van der Waals surface area contributed by atoms with Crippen LogP contribution < -0.4 is 9.47 Å². The summed E-state index contributed by atoms with van der Waals surface area (Å²) in [5, 5.41) is 18.9. The number of rotatable bonds is 4. The lowest BCUT2D eigenvalue weighted by Crippen LogP contribution is -2.50. The number of carboxylic acids is 1. The third-order valence-corrected chi connectivity index (χ3v) is 3.91. The third kappa shape index (κ3) is 2.99. The quantitative estimate of drug-likeness (QED) is 0.852. The molecule has 1 amide bonds. The Morgan fingerprint density at radius 2 is 1.82 bits per heavy atom. The van der Waals surface area contributed by atoms with Gasteiger partial charge in [-0.3, -0.25) is 4.79 Å². The number of ether oxygens (including phenoxy) is 2. The van der Waals surface area contributed by atoms with E-state index >= 15 is 0 Å². The van der Waals surface area contributed by atoms with Gasteiger partial charge in [0.15, 0.2) is 5.60 Å². The zero-order valence-electron chi connectivity index (χ0n) is 12.5. The summed E-state index contributed by atoms with van der Waals surface area (Å²) < 4.78 is 10.3. The van der Waals surface area contributed by atoms with Gasteiger partial charge in [-0.2, -0.15) is 0 Å². The summed E-state index contributed by atoms with van der Waals surface area (Å²) in [5.74, 6) is -0.574. The van der Waals surface area contributed by atoms with Crippen molar-refractivity contribution in [1.29, 1.82) is 0 Å². The Morgan fingerprint density at radius 3 is 2.32 bits per heavy atom. The van der Waals surface area contributed by atoms with E-state index in [-0.39, 0.29) is 31.8 Å². The summed E-state index contributed by atoms with van der Waals surface area (Å²) in [4.78, 5) is 25.1. The summed E-state index contributed by atoms with van der Waals surface area (Å²) in [5.41, 5.74) is -1.41. The molecule has 0 atom stereocenters. The minimum absolute atomic E-state index is 0.000354. The Balaban J connectivity index is 2.18. The number of methoxy groups -OCH3 is 2. The molecule has 7 nitrogen and oxygen atoms in total. The fourth-order valence-corrected chi connectivity index (χ4v) is 2.45. The molecule has 0 spiro atoms. The van der Waals surface area contributed by atoms with Crippen molar-refractivity contribution in [1.82, 2.24) is 4.90 Å². The average Bonchev–Trinajstić information content (AvgIpc) is 2.54. The Morgan fingerprint density at radius 1 is 1.18 bits per heavy atom. The second-order valence-electron chi connectivity index (χ2n) is 5.20. The van der Waals surface area contributed by atoms with Crippen LogP contribution in [0.5, 0.6) is 11.5 Å². The molecular formula is C15H19NO6. The van der Waals surface area contributed by atoms with Crippen LogP contribution in [0.15, 0.2) is 18.2 Å². The molecule has 2 rings (SSSR count). The maximum atomic E-state index is 12.6. The number of hydrogen-bond acceptors (Lipinski definition) is 5. The number of carbonyl (C=O) groups excluding carboxylic acids is 1. The lowest BCUT2D eigenvalue weighted by molar-refractivity contribution is -0.162. The van der Waals surface area contributed by atoms with Gasteiger partial charge < -0.3 is 24.6 Å². The van der Waals surface area contributed by atoms with Crippen LogP contribution in [0.3, 0.4) is 0 Å². The van der Waals surface area contributed by atoms with Crippen LogP contribution >= 0.6 is 0 Å². The number of amides is 1. The second kappa shape index (κ2) is 6.23. The molecule has 120 valence electrons. The molecule has 1 aliphatic heterocycles. The Bertz CT molecular complexity index is 577. The summed E-state index contributed by atoms with van der Waals surface area (Å²) in [7, 11) is 2.97. The fraction of sp³-hybridized carbons (Fsp3) is 0.467. The molecule has 1 saturated heterocycles. The first-order chi connectivity index (χ1) is 10.4. The van der Waals surface area contributed by atoms with Gasteiger partial charge in [0, 0.05) is 25.9 Å². The molecule has 0 unspecified atom stereocenters. The molecule has 22 heavy (non-hydrogen) atoms. The van der Waals surface area contributed by atoms with Gasteiger partial charge >= 0.3 is 5.97 Å². The summed E-state index contributed by atoms with van der Waals surface area (Å²) in [6.07, 6.45) is 0.000709. The predicted octanol–water partition coefficient (Wildman–Crippen LogP) is 0.755. The average molecular weight is 309 g/mol. The fourth-order valence-electron chi connectivity index (χ4n) is 2.45. The number of aliphatic carboxylic acids is 1. The minimum Gasteiger partial charge on any atom is -0.497 e. The van der Waals surface area contributed by atoms with Gasteiger partial charge in [0.2, 0.25) is 0 Å². The lowest BCUT2D eigenvalue weighted by atomic mass is 9.91. The highest BCUT2D eigenvalue weighted by atomic mass is 16.5. The van der Waals surface area contributed by atoms with Crippen LogP contribution in [-0.2, 0) is 4.79 Å². The first-order valence-electron chi connectivity index (χ1n) is 6.88. The second-order valence-corrected chi connectivity index (χ2v) is 5.20. The third-order valence-electron chi connectivity index (χ3n) is 3.91. The van der Waals surface area contributed by atoms with Crippen LogP contribution in [0.4, 0.5) is 0 Å². The summed E-state index contributed by atoms with van der Waals surface area (Å²) in [6.45, 7) is 0.337. The van der Waals surface area contributed by atoms with Crippen LogP contribution in [0.2, 0.25) is 0 Å². The largest absolute Gasteiger partial charge is 0.497 e. The Hall–Kier alpha value is -2.28. The highest BCUT2D eigenvalue weighted by Gasteiger charge is 2.40. The first kappa shape index (κ1) is 16.1. The van der Waals surface area contributed by atoms with Crippen LogP contribution in [0.1, 0.15) is 23.2 Å². The van der Waals surface area contributed by atoms with E-state index in [1.165, 1.54) is 19.1 Å². The van der Waals surface area contributed by atoms with Gasteiger partial charge in [0.05, 0.1) is 19.8 Å². The molecular weight excluding hydrogens is 290 g/mol. The number of aliphatic hydroxyl groups is 1. The zero-order valence-corrected chi connectivity index (χ0v) is 12.5. The van der Waals surface area contributed by atoms with Crippen LogP contribution in [0.25, 0.3) is 0 Å². The van der Waals surface area contributed by atoms with E-state index in [1.807, 2.05) is 0 Å². The van der Waals surface area contributed by atoms with Crippen LogP contribution in [0, 0.1) is 0 Å². The van der Waals surface area contributed by atoms with E-state index in [9.17, 15) is 14.7 Å². The molecule has 1 fully saturated rings. The smallest absolute Gasteiger partial charge is 0.335 e. The number of carboxylic acid groups (broad SMARTS) is 1. The molecule has 0 bridgehead atoms. The molecule has 1 aliphatic rings. The molecule has 0 aliphatic carbocycles. The molecule has 2 N–H and O–H groups in total. The van der Waals surface area contributed by atoms with Crippen molar-refractivity contribution < 1.29 is 29.3 Å². The van der Waals surface area contributed by atoms with Crippen LogP contribution in [-0.4, -0.2) is 59.9 Å². The van der Waals surface area contributed by atoms with E-state index in [0.29, 0.717) is 17.1 Å². The summed E-state index contributed by atoms with van der Waals surface area (Å²) >= 11 is 0. The maximum Gasteiger partial charge on any atom is 0.335 e. The monoisotopic (exact) mass is 309 g/mol. The van der Waals surface area contributed by atoms with Gasteiger partial charge in [-0.25, -0.2) is 4.79 Å². The highest BCUT2D eigenvalue weighted by molar-refractivity contribution is 5.97. The topological polar surface area (TPSA) is 96.3 Å². The van der Waals surface area contributed by atoms with Crippen molar-refractivity contribution in [2.45, 2.75) is 18.4 Å². The molecule has 0 saturated carbocycles. The predicted molar refractivity (Wildman–Crippen MR) is 77.3 cm³/mol. The van der Waals surface area contributed by atoms with E-state index in [2.05, 4.69) is 0 Å². The van der Waals surface area contributed by atoms with Crippen molar-refractivity contribution in [3.63, 3.8) is 0 Å². The molecule has 1 heterocycles. The van der Waals surface area contributed by atoms with E-state index < -0.39 is 11.6 Å². The summed E-state index contributed by atoms with van der Waals surface area (Å²) in [6, 6.07) is 4.91. The number of nitrogens with zero attached hydrogens (tertiary/aromatic N) is 1. The number of piperidine rings is 1. The normalized spacial score (nSPS) is 17.0. The minimum atomic E-state index is -1.75. The molecule has 7 heteroatoms. The van der Waals surface area contributed by atoms with Crippen molar-refractivity contribution in [3.8, 4) is 11.5 Å².